The van der Waals surface area contributed by atoms with Crippen molar-refractivity contribution in [3.8, 4) is 11.8 Å². The summed E-state index contributed by atoms with van der Waals surface area (Å²) < 4.78 is 5.64. The van der Waals surface area contributed by atoms with Gasteiger partial charge in [0.1, 0.15) is 6.10 Å². The SMILES string of the molecule is CC#CC(O)(C(=O)OC1CCN(CCCC(=O)c2ccccc2)CC1)c1ccccc1.Cl. The van der Waals surface area contributed by atoms with Crippen LogP contribution in [0.25, 0.3) is 0 Å². The molecule has 0 saturated carbocycles. The number of likely N-dealkylation sites (tertiary alicyclic amines) is 1. The number of esters is 1. The summed E-state index contributed by atoms with van der Waals surface area (Å²) >= 11 is 0. The zero-order valence-corrected chi connectivity index (χ0v) is 19.1. The van der Waals surface area contributed by atoms with E-state index in [0.29, 0.717) is 24.8 Å². The van der Waals surface area contributed by atoms with E-state index < -0.39 is 11.6 Å². The zero-order chi connectivity index (χ0) is 22.1. The van der Waals surface area contributed by atoms with Gasteiger partial charge in [-0.3, -0.25) is 4.79 Å². The van der Waals surface area contributed by atoms with Gasteiger partial charge in [-0.2, -0.15) is 0 Å². The van der Waals surface area contributed by atoms with Crippen LogP contribution in [0.4, 0.5) is 0 Å². The second-order valence-corrected chi connectivity index (χ2v) is 7.79. The summed E-state index contributed by atoms with van der Waals surface area (Å²) in [5, 5.41) is 10.9. The molecule has 1 aliphatic heterocycles. The zero-order valence-electron chi connectivity index (χ0n) is 18.3. The van der Waals surface area contributed by atoms with Gasteiger partial charge in [0, 0.05) is 30.6 Å². The molecule has 6 heteroatoms. The Bertz CT molecular complexity index is 931. The highest BCUT2D eigenvalue weighted by atomic mass is 35.5. The lowest BCUT2D eigenvalue weighted by atomic mass is 9.94. The Labute approximate surface area is 196 Å². The summed E-state index contributed by atoms with van der Waals surface area (Å²) in [6, 6.07) is 18.0. The highest BCUT2D eigenvalue weighted by Gasteiger charge is 2.39. The maximum absolute atomic E-state index is 12.8. The molecule has 0 radical (unpaired) electrons. The second-order valence-electron chi connectivity index (χ2n) is 7.79. The summed E-state index contributed by atoms with van der Waals surface area (Å²) in [4.78, 5) is 27.3. The number of rotatable bonds is 8. The molecule has 1 heterocycles. The lowest BCUT2D eigenvalue weighted by molar-refractivity contribution is -0.168. The third-order valence-corrected chi connectivity index (χ3v) is 5.58. The van der Waals surface area contributed by atoms with Crippen LogP contribution in [0.2, 0.25) is 0 Å². The Hall–Kier alpha value is -2.65. The third-order valence-electron chi connectivity index (χ3n) is 5.58. The predicted molar refractivity (Wildman–Crippen MR) is 127 cm³/mol. The van der Waals surface area contributed by atoms with E-state index in [0.717, 1.165) is 31.6 Å². The Morgan fingerprint density at radius 3 is 2.25 bits per heavy atom. The topological polar surface area (TPSA) is 66.8 Å². The first-order valence-electron chi connectivity index (χ1n) is 10.8. The minimum atomic E-state index is -1.95. The van der Waals surface area contributed by atoms with Gasteiger partial charge < -0.3 is 14.7 Å². The van der Waals surface area contributed by atoms with Gasteiger partial charge in [-0.05, 0) is 32.7 Å². The number of benzene rings is 2. The van der Waals surface area contributed by atoms with Crippen LogP contribution in [0.5, 0.6) is 0 Å². The highest BCUT2D eigenvalue weighted by molar-refractivity contribution is 5.95. The first-order valence-corrected chi connectivity index (χ1v) is 10.8. The van der Waals surface area contributed by atoms with Crippen LogP contribution in [-0.4, -0.2) is 47.5 Å². The van der Waals surface area contributed by atoms with Gasteiger partial charge in [-0.1, -0.05) is 66.6 Å². The number of aliphatic hydroxyl groups is 1. The minimum Gasteiger partial charge on any atom is -0.459 e. The number of ketones is 1. The average Bonchev–Trinajstić information content (AvgIpc) is 2.81. The lowest BCUT2D eigenvalue weighted by Gasteiger charge is -2.33. The molecule has 1 saturated heterocycles. The number of halogens is 1. The van der Waals surface area contributed by atoms with Gasteiger partial charge in [0.25, 0.3) is 0 Å². The number of hydrogen-bond donors (Lipinski definition) is 1. The fourth-order valence-electron chi connectivity index (χ4n) is 3.82. The van der Waals surface area contributed by atoms with Crippen LogP contribution in [0.15, 0.2) is 60.7 Å². The van der Waals surface area contributed by atoms with Crippen LogP contribution in [0.1, 0.15) is 48.5 Å². The van der Waals surface area contributed by atoms with E-state index >= 15 is 0 Å². The first-order chi connectivity index (χ1) is 15.0. The van der Waals surface area contributed by atoms with Crippen LogP contribution in [0.3, 0.4) is 0 Å². The van der Waals surface area contributed by atoms with Crippen molar-refractivity contribution in [2.24, 2.45) is 0 Å². The van der Waals surface area contributed by atoms with Crippen molar-refractivity contribution in [3.63, 3.8) is 0 Å². The minimum absolute atomic E-state index is 0. The van der Waals surface area contributed by atoms with Crippen LogP contribution in [-0.2, 0) is 15.1 Å². The van der Waals surface area contributed by atoms with Gasteiger partial charge in [0.2, 0.25) is 5.60 Å². The Kier molecular flexibility index (Phi) is 9.93. The molecule has 0 amide bonds. The molecule has 0 bridgehead atoms. The molecule has 32 heavy (non-hydrogen) atoms. The molecule has 1 atom stereocenters. The van der Waals surface area contributed by atoms with Crippen molar-refractivity contribution in [1.29, 1.82) is 0 Å². The number of ether oxygens (including phenoxy) is 1. The number of carbonyl (C=O) groups is 2. The van der Waals surface area contributed by atoms with Crippen molar-refractivity contribution >= 4 is 24.2 Å². The van der Waals surface area contributed by atoms with Crippen molar-refractivity contribution in [3.05, 3.63) is 71.8 Å². The number of hydrogen-bond acceptors (Lipinski definition) is 5. The molecule has 1 unspecified atom stereocenters. The highest BCUT2D eigenvalue weighted by Crippen LogP contribution is 2.25. The molecule has 2 aromatic rings. The fraction of sp³-hybridized carbons (Fsp3) is 0.385. The average molecular weight is 456 g/mol. The predicted octanol–water partition coefficient (Wildman–Crippen LogP) is 3.99. The molecular weight excluding hydrogens is 426 g/mol. The molecule has 0 spiro atoms. The van der Waals surface area contributed by atoms with E-state index in [4.69, 9.17) is 4.74 Å². The molecular formula is C26H30ClNO4. The molecule has 1 aliphatic rings. The summed E-state index contributed by atoms with van der Waals surface area (Å²) in [5.41, 5.74) is -0.783. The van der Waals surface area contributed by atoms with E-state index in [1.165, 1.54) is 0 Å². The summed E-state index contributed by atoms with van der Waals surface area (Å²) in [6.45, 7) is 4.01. The monoisotopic (exact) mass is 455 g/mol. The molecule has 5 nitrogen and oxygen atoms in total. The summed E-state index contributed by atoms with van der Waals surface area (Å²) in [6.07, 6.45) is 2.48. The van der Waals surface area contributed by atoms with Crippen molar-refractivity contribution in [2.45, 2.75) is 44.3 Å². The summed E-state index contributed by atoms with van der Waals surface area (Å²) in [7, 11) is 0. The molecule has 2 aromatic carbocycles. The van der Waals surface area contributed by atoms with E-state index in [9.17, 15) is 14.7 Å². The van der Waals surface area contributed by atoms with Gasteiger partial charge >= 0.3 is 5.97 Å². The van der Waals surface area contributed by atoms with E-state index in [1.54, 1.807) is 31.2 Å². The van der Waals surface area contributed by atoms with Crippen molar-refractivity contribution < 1.29 is 19.4 Å². The molecule has 1 fully saturated rings. The van der Waals surface area contributed by atoms with Crippen LogP contribution < -0.4 is 0 Å². The van der Waals surface area contributed by atoms with Gasteiger partial charge in [0.05, 0.1) is 0 Å². The van der Waals surface area contributed by atoms with Crippen LogP contribution in [0, 0.1) is 11.8 Å². The first kappa shape index (κ1) is 25.6. The molecule has 1 N–H and O–H groups in total. The molecule has 170 valence electrons. The quantitative estimate of drug-likeness (QED) is 0.370. The standard InChI is InChI=1S/C26H29NO4.ClH/c1-2-17-26(30,22-12-7-4-8-13-22)25(29)31-23-15-19-27(20-16-23)18-9-14-24(28)21-10-5-3-6-11-21;/h3-8,10-13,23,30H,9,14-16,18-20H2,1H3;1H. The number of Topliss-reactive ketones (excluding diaryl/α,β-unsaturated/α-hetero) is 1. The Morgan fingerprint density at radius 2 is 1.66 bits per heavy atom. The van der Waals surface area contributed by atoms with E-state index in [-0.39, 0.29) is 24.3 Å². The maximum atomic E-state index is 12.8. The largest absolute Gasteiger partial charge is 0.459 e. The van der Waals surface area contributed by atoms with Gasteiger partial charge in [-0.15, -0.1) is 18.3 Å². The maximum Gasteiger partial charge on any atom is 0.356 e. The van der Waals surface area contributed by atoms with E-state index in [2.05, 4.69) is 16.7 Å². The normalized spacial score (nSPS) is 16.1. The second kappa shape index (κ2) is 12.4. The van der Waals surface area contributed by atoms with Crippen molar-refractivity contribution in [2.75, 3.05) is 19.6 Å². The lowest BCUT2D eigenvalue weighted by Crippen LogP contribution is -2.42. The Morgan fingerprint density at radius 1 is 1.06 bits per heavy atom. The summed E-state index contributed by atoms with van der Waals surface area (Å²) in [5.74, 6) is 4.70. The van der Waals surface area contributed by atoms with Gasteiger partial charge in [-0.25, -0.2) is 4.79 Å². The van der Waals surface area contributed by atoms with E-state index in [1.807, 2.05) is 36.4 Å². The number of piperidine rings is 1. The third kappa shape index (κ3) is 6.67. The smallest absolute Gasteiger partial charge is 0.356 e. The number of nitrogens with zero attached hydrogens (tertiary/aromatic N) is 1. The van der Waals surface area contributed by atoms with Crippen molar-refractivity contribution in [1.82, 2.24) is 4.90 Å². The molecule has 0 aromatic heterocycles. The fourth-order valence-corrected chi connectivity index (χ4v) is 3.82. The Balaban J connectivity index is 0.00000363. The van der Waals surface area contributed by atoms with Crippen LogP contribution >= 0.6 is 12.4 Å². The molecule has 0 aliphatic carbocycles. The molecule has 3 rings (SSSR count). The number of carbonyl (C=O) groups excluding carboxylic acids is 2. The van der Waals surface area contributed by atoms with Gasteiger partial charge in [0.15, 0.2) is 5.78 Å².